The van der Waals surface area contributed by atoms with Gasteiger partial charge >= 0.3 is 5.97 Å². The first-order chi connectivity index (χ1) is 6.74. The summed E-state index contributed by atoms with van der Waals surface area (Å²) in [6, 6.07) is 0. The number of esters is 1. The molecule has 0 saturated carbocycles. The largest absolute Gasteiger partial charge is 0.465 e. The van der Waals surface area contributed by atoms with Crippen molar-refractivity contribution in [1.82, 2.24) is 14.4 Å². The van der Waals surface area contributed by atoms with Gasteiger partial charge in [-0.3, -0.25) is 4.40 Å². The van der Waals surface area contributed by atoms with Crippen LogP contribution in [0.5, 0.6) is 0 Å². The van der Waals surface area contributed by atoms with Crippen LogP contribution in [0.25, 0.3) is 5.78 Å². The molecule has 0 aliphatic rings. The van der Waals surface area contributed by atoms with Gasteiger partial charge in [-0.1, -0.05) is 0 Å². The number of imidazole rings is 1. The van der Waals surface area contributed by atoms with Crippen molar-refractivity contribution in [2.45, 2.75) is 0 Å². The number of carbonyl (C=O) groups excluding carboxylic acids is 1. The van der Waals surface area contributed by atoms with Gasteiger partial charge in [0.25, 0.3) is 0 Å². The summed E-state index contributed by atoms with van der Waals surface area (Å²) in [5.41, 5.74) is 5.96. The molecule has 72 valence electrons. The Morgan fingerprint density at radius 1 is 1.57 bits per heavy atom. The number of anilines is 1. The number of rotatable bonds is 1. The average molecular weight is 192 g/mol. The van der Waals surface area contributed by atoms with Crippen molar-refractivity contribution < 1.29 is 9.53 Å². The maximum Gasteiger partial charge on any atom is 0.343 e. The Morgan fingerprint density at radius 3 is 3.07 bits per heavy atom. The molecule has 6 nitrogen and oxygen atoms in total. The van der Waals surface area contributed by atoms with Crippen LogP contribution in [0.1, 0.15) is 10.4 Å². The van der Waals surface area contributed by atoms with E-state index in [2.05, 4.69) is 14.7 Å². The number of aromatic nitrogens is 3. The predicted molar refractivity (Wildman–Crippen MR) is 48.7 cm³/mol. The summed E-state index contributed by atoms with van der Waals surface area (Å²) in [6.07, 6.45) is 4.54. The molecule has 0 unspecified atom stereocenters. The maximum atomic E-state index is 11.2. The molecule has 0 spiro atoms. The third-order valence-corrected chi connectivity index (χ3v) is 1.87. The van der Waals surface area contributed by atoms with Crippen molar-refractivity contribution in [3.63, 3.8) is 0 Å². The molecule has 0 amide bonds. The quantitative estimate of drug-likeness (QED) is 0.648. The zero-order valence-corrected chi connectivity index (χ0v) is 7.47. The summed E-state index contributed by atoms with van der Waals surface area (Å²) in [5, 5.41) is 0. The third-order valence-electron chi connectivity index (χ3n) is 1.87. The molecule has 0 atom stereocenters. The SMILES string of the molecule is COC(=O)c1cnc2nccn2c1N. The standard InChI is InChI=1S/C8H8N4O2/c1-14-7(13)5-4-11-8-10-2-3-12(8)6(5)9/h2-4H,9H2,1H3. The molecule has 0 aliphatic carbocycles. The van der Waals surface area contributed by atoms with E-state index >= 15 is 0 Å². The van der Waals surface area contributed by atoms with E-state index in [0.29, 0.717) is 5.78 Å². The molecule has 6 heteroatoms. The molecule has 2 heterocycles. The molecule has 0 aliphatic heterocycles. The predicted octanol–water partition coefficient (Wildman–Crippen LogP) is 0.0981. The second kappa shape index (κ2) is 2.99. The molecule has 2 N–H and O–H groups in total. The Balaban J connectivity index is 2.67. The van der Waals surface area contributed by atoms with Crippen LogP contribution in [0, 0.1) is 0 Å². The summed E-state index contributed by atoms with van der Waals surface area (Å²) in [4.78, 5) is 19.1. The second-order valence-corrected chi connectivity index (χ2v) is 2.65. The van der Waals surface area contributed by atoms with Gasteiger partial charge in [-0.05, 0) is 0 Å². The molecule has 2 rings (SSSR count). The minimum absolute atomic E-state index is 0.234. The first-order valence-corrected chi connectivity index (χ1v) is 3.90. The van der Waals surface area contributed by atoms with Crippen molar-refractivity contribution in [2.24, 2.45) is 0 Å². The van der Waals surface area contributed by atoms with Gasteiger partial charge in [0.15, 0.2) is 0 Å². The van der Waals surface area contributed by atoms with Gasteiger partial charge in [-0.2, -0.15) is 0 Å². The molecule has 0 aromatic carbocycles. The summed E-state index contributed by atoms with van der Waals surface area (Å²) in [5.74, 6) is 0.222. The lowest BCUT2D eigenvalue weighted by Gasteiger charge is -2.04. The molecule has 0 bridgehead atoms. The van der Waals surface area contributed by atoms with Crippen LogP contribution >= 0.6 is 0 Å². The topological polar surface area (TPSA) is 82.5 Å². The Hall–Kier alpha value is -2.11. The fourth-order valence-electron chi connectivity index (χ4n) is 1.16. The van der Waals surface area contributed by atoms with Crippen LogP contribution in [0.4, 0.5) is 5.82 Å². The minimum Gasteiger partial charge on any atom is -0.465 e. The van der Waals surface area contributed by atoms with E-state index in [0.717, 1.165) is 0 Å². The number of hydrogen-bond acceptors (Lipinski definition) is 5. The highest BCUT2D eigenvalue weighted by Gasteiger charge is 2.13. The lowest BCUT2D eigenvalue weighted by atomic mass is 10.3. The van der Waals surface area contributed by atoms with E-state index in [4.69, 9.17) is 5.73 Å². The highest BCUT2D eigenvalue weighted by atomic mass is 16.5. The molecular formula is C8H8N4O2. The third kappa shape index (κ3) is 1.08. The average Bonchev–Trinajstić information content (AvgIpc) is 2.66. The van der Waals surface area contributed by atoms with Crippen molar-refractivity contribution in [2.75, 3.05) is 12.8 Å². The van der Waals surface area contributed by atoms with Crippen LogP contribution in [0.2, 0.25) is 0 Å². The van der Waals surface area contributed by atoms with E-state index in [1.54, 1.807) is 12.4 Å². The Morgan fingerprint density at radius 2 is 2.36 bits per heavy atom. The van der Waals surface area contributed by atoms with E-state index in [1.807, 2.05) is 0 Å². The lowest BCUT2D eigenvalue weighted by Crippen LogP contribution is -2.10. The highest BCUT2D eigenvalue weighted by molar-refractivity contribution is 5.94. The highest BCUT2D eigenvalue weighted by Crippen LogP contribution is 2.12. The number of methoxy groups -OCH3 is 1. The molecule has 0 radical (unpaired) electrons. The summed E-state index contributed by atoms with van der Waals surface area (Å²) in [7, 11) is 1.29. The van der Waals surface area contributed by atoms with Gasteiger partial charge < -0.3 is 10.5 Å². The number of nitrogens with two attached hydrogens (primary N) is 1. The van der Waals surface area contributed by atoms with E-state index in [-0.39, 0.29) is 11.4 Å². The van der Waals surface area contributed by atoms with Crippen LogP contribution in [-0.2, 0) is 4.74 Å². The number of carbonyl (C=O) groups is 1. The van der Waals surface area contributed by atoms with E-state index < -0.39 is 5.97 Å². The monoisotopic (exact) mass is 192 g/mol. The fraction of sp³-hybridized carbons (Fsp3) is 0.125. The number of nitrogens with zero attached hydrogens (tertiary/aromatic N) is 3. The molecule has 0 saturated heterocycles. The van der Waals surface area contributed by atoms with Gasteiger partial charge in [0.2, 0.25) is 5.78 Å². The molecule has 14 heavy (non-hydrogen) atoms. The normalized spacial score (nSPS) is 10.4. The zero-order valence-electron chi connectivity index (χ0n) is 7.47. The Labute approximate surface area is 79.3 Å². The van der Waals surface area contributed by atoms with Crippen LogP contribution in [0.15, 0.2) is 18.6 Å². The van der Waals surface area contributed by atoms with Gasteiger partial charge in [0.05, 0.1) is 7.11 Å². The number of ether oxygens (including phenoxy) is 1. The summed E-state index contributed by atoms with van der Waals surface area (Å²) < 4.78 is 6.07. The van der Waals surface area contributed by atoms with Crippen molar-refractivity contribution in [3.8, 4) is 0 Å². The minimum atomic E-state index is -0.509. The van der Waals surface area contributed by atoms with Crippen molar-refractivity contribution in [3.05, 3.63) is 24.2 Å². The number of fused-ring (bicyclic) bond motifs is 1. The first-order valence-electron chi connectivity index (χ1n) is 3.90. The Bertz CT molecular complexity index is 491. The maximum absolute atomic E-state index is 11.2. The summed E-state index contributed by atoms with van der Waals surface area (Å²) in [6.45, 7) is 0. The smallest absolute Gasteiger partial charge is 0.343 e. The Kier molecular flexibility index (Phi) is 1.81. The lowest BCUT2D eigenvalue weighted by molar-refractivity contribution is 0.0601. The molecular weight excluding hydrogens is 184 g/mol. The van der Waals surface area contributed by atoms with Crippen LogP contribution in [0.3, 0.4) is 0 Å². The molecule has 2 aromatic rings. The fourth-order valence-corrected chi connectivity index (χ4v) is 1.16. The van der Waals surface area contributed by atoms with Gasteiger partial charge in [0.1, 0.15) is 11.4 Å². The first kappa shape index (κ1) is 8.49. The van der Waals surface area contributed by atoms with Crippen molar-refractivity contribution >= 4 is 17.6 Å². The van der Waals surface area contributed by atoms with E-state index in [9.17, 15) is 4.79 Å². The van der Waals surface area contributed by atoms with Crippen molar-refractivity contribution in [1.29, 1.82) is 0 Å². The van der Waals surface area contributed by atoms with Gasteiger partial charge in [-0.25, -0.2) is 14.8 Å². The van der Waals surface area contributed by atoms with Crippen LogP contribution < -0.4 is 5.73 Å². The van der Waals surface area contributed by atoms with Gasteiger partial charge in [-0.15, -0.1) is 0 Å². The number of nitrogen functional groups attached to an aromatic ring is 1. The zero-order chi connectivity index (χ0) is 10.1. The van der Waals surface area contributed by atoms with Gasteiger partial charge in [0, 0.05) is 18.6 Å². The number of hydrogen-bond donors (Lipinski definition) is 1. The van der Waals surface area contributed by atoms with Crippen LogP contribution in [-0.4, -0.2) is 27.4 Å². The summed E-state index contributed by atoms with van der Waals surface area (Å²) >= 11 is 0. The molecule has 2 aromatic heterocycles. The second-order valence-electron chi connectivity index (χ2n) is 2.65. The molecule has 0 fully saturated rings. The van der Waals surface area contributed by atoms with E-state index in [1.165, 1.54) is 17.7 Å².